The molecule has 0 saturated heterocycles. The van der Waals surface area contributed by atoms with Crippen LogP contribution in [-0.2, 0) is 10.0 Å². The highest BCUT2D eigenvalue weighted by atomic mass is 127. The first-order valence-corrected chi connectivity index (χ1v) is 7.05. The van der Waals surface area contributed by atoms with Gasteiger partial charge in [-0.15, -0.1) is 0 Å². The minimum absolute atomic E-state index is 0.226. The summed E-state index contributed by atoms with van der Waals surface area (Å²) in [5.41, 5.74) is 0.696. The van der Waals surface area contributed by atoms with E-state index in [0.717, 1.165) is 6.26 Å². The van der Waals surface area contributed by atoms with E-state index in [0.29, 0.717) is 14.8 Å². The van der Waals surface area contributed by atoms with Gasteiger partial charge in [-0.2, -0.15) is 5.26 Å². The van der Waals surface area contributed by atoms with Crippen LogP contribution in [0.4, 0.5) is 5.69 Å². The molecule has 4 nitrogen and oxygen atoms in total. The molecule has 7 heteroatoms. The number of rotatable bonds is 2. The summed E-state index contributed by atoms with van der Waals surface area (Å²) >= 11 is 7.70. The van der Waals surface area contributed by atoms with Crippen LogP contribution in [0.1, 0.15) is 5.56 Å². The minimum Gasteiger partial charge on any atom is -0.283 e. The second-order valence-corrected chi connectivity index (χ2v) is 6.12. The number of sulfonamides is 1. The van der Waals surface area contributed by atoms with Gasteiger partial charge in [0, 0.05) is 3.57 Å². The zero-order valence-corrected chi connectivity index (χ0v) is 11.3. The first-order chi connectivity index (χ1) is 6.83. The second kappa shape index (κ2) is 4.55. The lowest BCUT2D eigenvalue weighted by Crippen LogP contribution is -2.10. The summed E-state index contributed by atoms with van der Waals surface area (Å²) in [6, 6.07) is 4.86. The number of benzene rings is 1. The van der Waals surface area contributed by atoms with Gasteiger partial charge in [0.2, 0.25) is 10.0 Å². The summed E-state index contributed by atoms with van der Waals surface area (Å²) in [4.78, 5) is 0. The molecule has 1 aromatic carbocycles. The Hall–Kier alpha value is -0.520. The van der Waals surface area contributed by atoms with Gasteiger partial charge in [-0.3, -0.25) is 4.72 Å². The van der Waals surface area contributed by atoms with Crippen molar-refractivity contribution in [3.05, 3.63) is 26.3 Å². The molecule has 0 amide bonds. The molecule has 80 valence electrons. The highest BCUT2D eigenvalue weighted by molar-refractivity contribution is 14.1. The van der Waals surface area contributed by atoms with Gasteiger partial charge >= 0.3 is 0 Å². The maximum atomic E-state index is 11.0. The van der Waals surface area contributed by atoms with Crippen molar-refractivity contribution in [1.82, 2.24) is 0 Å². The van der Waals surface area contributed by atoms with Crippen LogP contribution >= 0.6 is 34.2 Å². The Morgan fingerprint density at radius 2 is 2.13 bits per heavy atom. The van der Waals surface area contributed by atoms with E-state index in [4.69, 9.17) is 16.9 Å². The molecule has 0 radical (unpaired) electrons. The van der Waals surface area contributed by atoms with Gasteiger partial charge in [-0.1, -0.05) is 11.6 Å². The summed E-state index contributed by atoms with van der Waals surface area (Å²) in [6.45, 7) is 0. The van der Waals surface area contributed by atoms with Crippen LogP contribution in [0.25, 0.3) is 0 Å². The maximum absolute atomic E-state index is 11.0. The first-order valence-electron chi connectivity index (χ1n) is 3.70. The summed E-state index contributed by atoms with van der Waals surface area (Å²) < 4.78 is 24.9. The summed E-state index contributed by atoms with van der Waals surface area (Å²) in [5, 5.41) is 8.92. The second-order valence-electron chi connectivity index (χ2n) is 2.80. The summed E-state index contributed by atoms with van der Waals surface area (Å²) in [5.74, 6) is 0. The number of nitrogens with one attached hydrogen (secondary N) is 1. The predicted molar refractivity (Wildman–Crippen MR) is 67.4 cm³/mol. The predicted octanol–water partition coefficient (Wildman–Crippen LogP) is 2.19. The largest absolute Gasteiger partial charge is 0.283 e. The lowest BCUT2D eigenvalue weighted by Gasteiger charge is -2.07. The molecule has 0 aliphatic heterocycles. The third-order valence-electron chi connectivity index (χ3n) is 1.47. The van der Waals surface area contributed by atoms with Crippen molar-refractivity contribution < 1.29 is 8.42 Å². The summed E-state index contributed by atoms with van der Waals surface area (Å²) in [7, 11) is -3.33. The van der Waals surface area contributed by atoms with Crippen molar-refractivity contribution in [2.75, 3.05) is 11.0 Å². The number of nitrogens with zero attached hydrogens (tertiary/aromatic N) is 1. The van der Waals surface area contributed by atoms with Gasteiger partial charge in [-0.05, 0) is 34.7 Å². The van der Waals surface area contributed by atoms with E-state index in [-0.39, 0.29) is 5.02 Å². The molecule has 1 N–H and O–H groups in total. The van der Waals surface area contributed by atoms with E-state index < -0.39 is 10.0 Å². The quantitative estimate of drug-likeness (QED) is 0.826. The molecule has 0 spiro atoms. The van der Waals surface area contributed by atoms with E-state index in [1.807, 2.05) is 28.7 Å². The highest BCUT2D eigenvalue weighted by Gasteiger charge is 2.09. The normalized spacial score (nSPS) is 10.8. The van der Waals surface area contributed by atoms with Crippen molar-refractivity contribution in [2.24, 2.45) is 0 Å². The van der Waals surface area contributed by atoms with Gasteiger partial charge in [0.15, 0.2) is 0 Å². The third-order valence-corrected chi connectivity index (χ3v) is 3.27. The molecule has 0 heterocycles. The van der Waals surface area contributed by atoms with Gasteiger partial charge in [-0.25, -0.2) is 8.42 Å². The number of halogens is 2. The van der Waals surface area contributed by atoms with Crippen molar-refractivity contribution >= 4 is 49.9 Å². The Labute approximate surface area is 106 Å². The van der Waals surface area contributed by atoms with Crippen LogP contribution in [-0.4, -0.2) is 14.7 Å². The number of hydrogen-bond donors (Lipinski definition) is 1. The van der Waals surface area contributed by atoms with Gasteiger partial charge in [0.05, 0.1) is 22.5 Å². The Kier molecular flexibility index (Phi) is 3.81. The Morgan fingerprint density at radius 1 is 1.53 bits per heavy atom. The molecule has 0 bridgehead atoms. The Balaban J connectivity index is 3.24. The zero-order chi connectivity index (χ0) is 11.6. The molecule has 0 saturated carbocycles. The van der Waals surface area contributed by atoms with Crippen molar-refractivity contribution in [3.8, 4) is 6.07 Å². The topological polar surface area (TPSA) is 70.0 Å². The highest BCUT2D eigenvalue weighted by Crippen LogP contribution is 2.26. The van der Waals surface area contributed by atoms with E-state index in [2.05, 4.69) is 4.72 Å². The van der Waals surface area contributed by atoms with E-state index in [1.54, 1.807) is 0 Å². The molecule has 1 rings (SSSR count). The number of hydrogen-bond acceptors (Lipinski definition) is 3. The average molecular weight is 357 g/mol. The van der Waals surface area contributed by atoms with Crippen LogP contribution < -0.4 is 4.72 Å². The number of nitriles is 1. The molecular formula is C8H6ClIN2O2S. The minimum atomic E-state index is -3.33. The van der Waals surface area contributed by atoms with E-state index in [9.17, 15) is 8.42 Å². The fourth-order valence-electron chi connectivity index (χ4n) is 0.910. The molecule has 0 aliphatic carbocycles. The SMILES string of the molecule is CS(=O)(=O)Nc1cc(Cl)c(C#N)cc1I. The van der Waals surface area contributed by atoms with Crippen molar-refractivity contribution in [3.63, 3.8) is 0 Å². The molecule has 1 aromatic rings. The molecule has 0 atom stereocenters. The van der Waals surface area contributed by atoms with Gasteiger partial charge < -0.3 is 0 Å². The number of anilines is 1. The van der Waals surface area contributed by atoms with Crippen LogP contribution in [0.2, 0.25) is 5.02 Å². The van der Waals surface area contributed by atoms with Crippen LogP contribution in [0.3, 0.4) is 0 Å². The molecule has 0 unspecified atom stereocenters. The molecule has 0 aromatic heterocycles. The maximum Gasteiger partial charge on any atom is 0.229 e. The van der Waals surface area contributed by atoms with E-state index in [1.165, 1.54) is 12.1 Å². The molecular weight excluding hydrogens is 351 g/mol. The van der Waals surface area contributed by atoms with Crippen LogP contribution in [0, 0.1) is 14.9 Å². The first kappa shape index (κ1) is 12.5. The fraction of sp³-hybridized carbons (Fsp3) is 0.125. The Morgan fingerprint density at radius 3 is 2.60 bits per heavy atom. The Bertz CT molecular complexity index is 536. The summed E-state index contributed by atoms with van der Waals surface area (Å²) in [6.07, 6.45) is 1.05. The van der Waals surface area contributed by atoms with E-state index >= 15 is 0 Å². The van der Waals surface area contributed by atoms with Crippen LogP contribution in [0.5, 0.6) is 0 Å². The molecule has 15 heavy (non-hydrogen) atoms. The van der Waals surface area contributed by atoms with Crippen LogP contribution in [0.15, 0.2) is 12.1 Å². The van der Waals surface area contributed by atoms with Crippen molar-refractivity contribution in [1.29, 1.82) is 5.26 Å². The molecule has 0 aliphatic rings. The third kappa shape index (κ3) is 3.52. The molecule has 0 fully saturated rings. The van der Waals surface area contributed by atoms with Gasteiger partial charge in [0.25, 0.3) is 0 Å². The lowest BCUT2D eigenvalue weighted by molar-refractivity contribution is 0.607. The smallest absolute Gasteiger partial charge is 0.229 e. The standard InChI is InChI=1S/C8H6ClIN2O2S/c1-15(13,14)12-8-3-6(9)5(4-11)2-7(8)10/h2-3,12H,1H3. The monoisotopic (exact) mass is 356 g/mol. The fourth-order valence-corrected chi connectivity index (χ4v) is 2.47. The average Bonchev–Trinajstić information content (AvgIpc) is 2.08. The zero-order valence-electron chi connectivity index (χ0n) is 7.58. The lowest BCUT2D eigenvalue weighted by atomic mass is 10.2. The van der Waals surface area contributed by atoms with Gasteiger partial charge in [0.1, 0.15) is 6.07 Å². The van der Waals surface area contributed by atoms with Crippen molar-refractivity contribution in [2.45, 2.75) is 0 Å².